The van der Waals surface area contributed by atoms with Crippen LogP contribution < -0.4 is 4.74 Å². The Balaban J connectivity index is 1.38. The molecule has 0 saturated carbocycles. The zero-order chi connectivity index (χ0) is 30.0. The number of thiazole rings is 2. The third-order valence-corrected chi connectivity index (χ3v) is 9.78. The van der Waals surface area contributed by atoms with Crippen molar-refractivity contribution < 1.29 is 14.3 Å². The fourth-order valence-electron chi connectivity index (χ4n) is 5.44. The molecule has 214 valence electrons. The highest BCUT2D eigenvalue weighted by Gasteiger charge is 2.20. The van der Waals surface area contributed by atoms with Crippen LogP contribution in [0.3, 0.4) is 0 Å². The molecule has 44 heavy (non-hydrogen) atoms. The number of carbonyl (C=O) groups is 2. The molecule has 5 aromatic carbocycles. The summed E-state index contributed by atoms with van der Waals surface area (Å²) in [6, 6.07) is 35.9. The molecule has 0 aliphatic heterocycles. The van der Waals surface area contributed by atoms with Gasteiger partial charge in [-0.25, -0.2) is 9.97 Å². The van der Waals surface area contributed by atoms with E-state index in [2.05, 4.69) is 55.5 Å². The van der Waals surface area contributed by atoms with Crippen molar-refractivity contribution in [3.8, 4) is 38.0 Å². The Morgan fingerprint density at radius 3 is 1.82 bits per heavy atom. The number of benzene rings is 5. The minimum Gasteiger partial charge on any atom is -0.428 e. The van der Waals surface area contributed by atoms with Crippen LogP contribution in [0.25, 0.3) is 52.7 Å². The van der Waals surface area contributed by atoms with Gasteiger partial charge in [0, 0.05) is 17.5 Å². The lowest BCUT2D eigenvalue weighted by Gasteiger charge is -2.15. The lowest BCUT2D eigenvalue weighted by Crippen LogP contribution is -2.06. The Morgan fingerprint density at radius 2 is 1.23 bits per heavy atom. The van der Waals surface area contributed by atoms with E-state index in [1.165, 1.54) is 5.56 Å². The van der Waals surface area contributed by atoms with E-state index in [4.69, 9.17) is 14.7 Å². The van der Waals surface area contributed by atoms with Gasteiger partial charge in [-0.15, -0.1) is 22.7 Å². The number of nitrogens with zero attached hydrogens (tertiary/aromatic N) is 2. The molecule has 2 aromatic heterocycles. The zero-order valence-electron chi connectivity index (χ0n) is 23.8. The van der Waals surface area contributed by atoms with Crippen LogP contribution in [0, 0.1) is 0 Å². The zero-order valence-corrected chi connectivity index (χ0v) is 25.5. The third kappa shape index (κ3) is 5.32. The highest BCUT2D eigenvalue weighted by molar-refractivity contribution is 7.22. The molecule has 7 heteroatoms. The molecule has 0 spiro atoms. The topological polar surface area (TPSA) is 69.2 Å². The van der Waals surface area contributed by atoms with Gasteiger partial charge in [-0.05, 0) is 77.2 Å². The monoisotopic (exact) mass is 610 g/mol. The van der Waals surface area contributed by atoms with Crippen LogP contribution in [0.15, 0.2) is 109 Å². The average Bonchev–Trinajstić information content (AvgIpc) is 3.70. The number of Topliss-reactive ketones (excluding diaryl/α,β-unsaturated/α-hetero) is 1. The number of aromatic nitrogens is 2. The highest BCUT2D eigenvalue weighted by Crippen LogP contribution is 2.43. The van der Waals surface area contributed by atoms with E-state index in [1.54, 1.807) is 46.9 Å². The lowest BCUT2D eigenvalue weighted by molar-refractivity contribution is -0.120. The first-order valence-electron chi connectivity index (χ1n) is 14.3. The minimum absolute atomic E-state index is 0.132. The molecule has 0 atom stereocenters. The van der Waals surface area contributed by atoms with Crippen LogP contribution in [-0.4, -0.2) is 22.2 Å². The molecule has 0 radical (unpaired) electrons. The number of hydrogen-bond donors (Lipinski definition) is 0. The summed E-state index contributed by atoms with van der Waals surface area (Å²) in [5, 5.41) is 1.85. The van der Waals surface area contributed by atoms with Gasteiger partial charge in [0.25, 0.3) is 6.47 Å². The number of carbonyl (C=O) groups excluding carboxylic acids is 2. The molecule has 0 amide bonds. The maximum atomic E-state index is 13.4. The Labute approximate surface area is 262 Å². The van der Waals surface area contributed by atoms with Gasteiger partial charge >= 0.3 is 0 Å². The van der Waals surface area contributed by atoms with Crippen molar-refractivity contribution in [3.63, 3.8) is 0 Å². The number of rotatable bonds is 9. The molecular weight excluding hydrogens is 585 g/mol. The first kappa shape index (κ1) is 27.8. The van der Waals surface area contributed by atoms with E-state index in [0.29, 0.717) is 12.0 Å². The van der Waals surface area contributed by atoms with Crippen molar-refractivity contribution in [2.24, 2.45) is 0 Å². The summed E-state index contributed by atoms with van der Waals surface area (Å²) < 4.78 is 7.33. The van der Waals surface area contributed by atoms with Crippen molar-refractivity contribution in [1.29, 1.82) is 0 Å². The molecule has 5 nitrogen and oxygen atoms in total. The van der Waals surface area contributed by atoms with Crippen molar-refractivity contribution in [2.45, 2.75) is 19.8 Å². The lowest BCUT2D eigenvalue weighted by atomic mass is 9.91. The SMILES string of the molecule is CCc1ccc(-c2ccc(CC(=O)c3ccccc3OC=O)cc2-c2nc3ccccc3s2)c(-c2nc3ccccc3s2)c1. The van der Waals surface area contributed by atoms with Crippen LogP contribution in [0.1, 0.15) is 28.4 Å². The second-order valence-electron chi connectivity index (χ2n) is 10.4. The Morgan fingerprint density at radius 1 is 0.682 bits per heavy atom. The molecule has 0 N–H and O–H groups in total. The fourth-order valence-corrected chi connectivity index (χ4v) is 7.44. The van der Waals surface area contributed by atoms with Gasteiger partial charge in [0.1, 0.15) is 15.8 Å². The molecule has 7 aromatic rings. The van der Waals surface area contributed by atoms with Gasteiger partial charge in [-0.2, -0.15) is 0 Å². The van der Waals surface area contributed by atoms with E-state index < -0.39 is 0 Å². The average molecular weight is 611 g/mol. The normalized spacial score (nSPS) is 11.2. The van der Waals surface area contributed by atoms with E-state index in [-0.39, 0.29) is 18.0 Å². The summed E-state index contributed by atoms with van der Waals surface area (Å²) in [7, 11) is 0. The van der Waals surface area contributed by atoms with Gasteiger partial charge in [-0.3, -0.25) is 9.59 Å². The smallest absolute Gasteiger partial charge is 0.298 e. The van der Waals surface area contributed by atoms with Gasteiger partial charge in [0.2, 0.25) is 0 Å². The maximum Gasteiger partial charge on any atom is 0.298 e. The van der Waals surface area contributed by atoms with E-state index >= 15 is 0 Å². The summed E-state index contributed by atoms with van der Waals surface area (Å²) in [6.45, 7) is 2.51. The summed E-state index contributed by atoms with van der Waals surface area (Å²) >= 11 is 3.33. The predicted molar refractivity (Wildman–Crippen MR) is 180 cm³/mol. The molecule has 0 aliphatic rings. The Kier molecular flexibility index (Phi) is 7.56. The van der Waals surface area contributed by atoms with Crippen molar-refractivity contribution >= 4 is 55.4 Å². The van der Waals surface area contributed by atoms with Crippen LogP contribution in [0.2, 0.25) is 0 Å². The summed E-state index contributed by atoms with van der Waals surface area (Å²) in [4.78, 5) is 34.5. The van der Waals surface area contributed by atoms with Gasteiger partial charge < -0.3 is 4.74 Å². The predicted octanol–water partition coefficient (Wildman–Crippen LogP) is 9.43. The number of aryl methyl sites for hydroxylation is 1. The second kappa shape index (κ2) is 12.0. The van der Waals surface area contributed by atoms with Gasteiger partial charge in [0.15, 0.2) is 5.78 Å². The first-order chi connectivity index (χ1) is 21.6. The van der Waals surface area contributed by atoms with E-state index in [0.717, 1.165) is 64.7 Å². The number of hydrogen-bond acceptors (Lipinski definition) is 7. The minimum atomic E-state index is -0.132. The van der Waals surface area contributed by atoms with Gasteiger partial charge in [-0.1, -0.05) is 67.6 Å². The van der Waals surface area contributed by atoms with Crippen LogP contribution in [0.5, 0.6) is 5.75 Å². The van der Waals surface area contributed by atoms with Crippen LogP contribution in [0.4, 0.5) is 0 Å². The third-order valence-electron chi connectivity index (χ3n) is 7.64. The maximum absolute atomic E-state index is 13.4. The van der Waals surface area contributed by atoms with Crippen molar-refractivity contribution in [2.75, 3.05) is 0 Å². The first-order valence-corrected chi connectivity index (χ1v) is 15.9. The highest BCUT2D eigenvalue weighted by atomic mass is 32.1. The summed E-state index contributed by atoms with van der Waals surface area (Å²) in [5.41, 5.74) is 8.52. The van der Waals surface area contributed by atoms with E-state index in [1.807, 2.05) is 36.4 Å². The largest absolute Gasteiger partial charge is 0.428 e. The molecule has 0 aliphatic carbocycles. The van der Waals surface area contributed by atoms with Crippen LogP contribution in [-0.2, 0) is 17.6 Å². The van der Waals surface area contributed by atoms with Gasteiger partial charge in [0.05, 0.1) is 26.0 Å². The number of ether oxygens (including phenoxy) is 1. The number of para-hydroxylation sites is 3. The Bertz CT molecular complexity index is 2110. The van der Waals surface area contributed by atoms with Crippen molar-refractivity contribution in [3.05, 3.63) is 126 Å². The molecule has 0 bridgehead atoms. The summed E-state index contributed by atoms with van der Waals surface area (Å²) in [5.74, 6) is 0.125. The summed E-state index contributed by atoms with van der Waals surface area (Å²) in [6.07, 6.45) is 1.07. The molecule has 7 rings (SSSR count). The molecule has 2 heterocycles. The molecule has 0 fully saturated rings. The van der Waals surface area contributed by atoms with Crippen LogP contribution >= 0.6 is 22.7 Å². The van der Waals surface area contributed by atoms with Crippen molar-refractivity contribution in [1.82, 2.24) is 9.97 Å². The Hall–Kier alpha value is -4.98. The second-order valence-corrected chi connectivity index (χ2v) is 12.5. The molecule has 0 unspecified atom stereocenters. The van der Waals surface area contributed by atoms with E-state index in [9.17, 15) is 9.59 Å². The fraction of sp³-hybridized carbons (Fsp3) is 0.0811. The standard InChI is InChI=1S/C37H26N2O3S2/c1-2-23-15-17-25(28(19-23)36-38-30-10-4-7-13-34(30)43-36)26-18-16-24(21-32(41)27-9-3-6-12-33(27)42-22-40)20-29(26)37-39-31-11-5-8-14-35(31)44-37/h3-20,22H,2,21H2,1H3. The molecular formula is C37H26N2O3S2. The number of fused-ring (bicyclic) bond motifs is 2. The number of ketones is 1. The molecule has 0 saturated heterocycles. The quantitative estimate of drug-likeness (QED) is 0.120.